The van der Waals surface area contributed by atoms with E-state index in [0.29, 0.717) is 5.56 Å². The molecule has 4 atom stereocenters. The van der Waals surface area contributed by atoms with E-state index >= 15 is 0 Å². The van der Waals surface area contributed by atoms with Crippen molar-refractivity contribution in [1.29, 1.82) is 0 Å². The van der Waals surface area contributed by atoms with Crippen molar-refractivity contribution in [2.75, 3.05) is 7.11 Å². The second kappa shape index (κ2) is 9.62. The second-order valence-electron chi connectivity index (χ2n) is 7.70. The highest BCUT2D eigenvalue weighted by Crippen LogP contribution is 2.45. The number of esters is 2. The van der Waals surface area contributed by atoms with Gasteiger partial charge in [0.15, 0.2) is 0 Å². The topological polar surface area (TPSA) is 72.8 Å². The van der Waals surface area contributed by atoms with Crippen LogP contribution >= 0.6 is 0 Å². The number of carbonyl (C=O) groups is 2. The first-order valence-electron chi connectivity index (χ1n) is 10.4. The lowest BCUT2D eigenvalue weighted by atomic mass is 9.72. The molecule has 0 saturated carbocycles. The minimum Gasteiger partial charge on any atom is -0.469 e. The van der Waals surface area contributed by atoms with Gasteiger partial charge in [-0.2, -0.15) is 0 Å². The summed E-state index contributed by atoms with van der Waals surface area (Å²) in [6.07, 6.45) is 0.448. The average Bonchev–Trinajstić information content (AvgIpc) is 3.11. The van der Waals surface area contributed by atoms with Crippen molar-refractivity contribution in [3.05, 3.63) is 113 Å². The molecule has 1 aliphatic rings. The summed E-state index contributed by atoms with van der Waals surface area (Å²) < 4.78 is 10.6. The fourth-order valence-electron chi connectivity index (χ4n) is 4.28. The number of cyclic esters (lactones) is 1. The van der Waals surface area contributed by atoms with Crippen LogP contribution in [0.4, 0.5) is 0 Å². The molecule has 1 heterocycles. The molecule has 0 bridgehead atoms. The van der Waals surface area contributed by atoms with Gasteiger partial charge in [0.2, 0.25) is 0 Å². The molecule has 0 amide bonds. The van der Waals surface area contributed by atoms with Crippen LogP contribution in [0.25, 0.3) is 6.08 Å². The molecule has 0 radical (unpaired) electrons. The third-order valence-electron chi connectivity index (χ3n) is 5.78. The number of rotatable bonds is 6. The van der Waals surface area contributed by atoms with Gasteiger partial charge in [0.25, 0.3) is 0 Å². The molecule has 2 unspecified atom stereocenters. The van der Waals surface area contributed by atoms with E-state index in [1.165, 1.54) is 7.11 Å². The number of hydrogen-bond donors (Lipinski definition) is 1. The summed E-state index contributed by atoms with van der Waals surface area (Å²) in [7, 11) is 1.32. The molecule has 1 saturated heterocycles. The van der Waals surface area contributed by atoms with E-state index in [1.807, 2.05) is 91.0 Å². The smallest absolute Gasteiger partial charge is 0.317 e. The van der Waals surface area contributed by atoms with E-state index in [9.17, 15) is 14.7 Å². The van der Waals surface area contributed by atoms with E-state index in [1.54, 1.807) is 6.08 Å². The van der Waals surface area contributed by atoms with Gasteiger partial charge in [0, 0.05) is 5.92 Å². The largest absolute Gasteiger partial charge is 0.469 e. The van der Waals surface area contributed by atoms with Gasteiger partial charge in [-0.1, -0.05) is 91.0 Å². The van der Waals surface area contributed by atoms with Crippen molar-refractivity contribution in [2.45, 2.75) is 17.9 Å². The van der Waals surface area contributed by atoms with E-state index in [4.69, 9.17) is 9.47 Å². The highest BCUT2D eigenvalue weighted by atomic mass is 16.6. The number of aliphatic hydroxyl groups excluding tert-OH is 1. The van der Waals surface area contributed by atoms with Crippen LogP contribution in [0.15, 0.2) is 96.8 Å². The third-order valence-corrected chi connectivity index (χ3v) is 5.78. The molecule has 5 nitrogen and oxygen atoms in total. The molecular weight excluding hydrogens is 404 g/mol. The minimum atomic E-state index is -1.20. The predicted octanol–water partition coefficient (Wildman–Crippen LogP) is 4.30. The lowest BCUT2D eigenvalue weighted by Crippen LogP contribution is -2.34. The van der Waals surface area contributed by atoms with E-state index in [2.05, 4.69) is 0 Å². The first kappa shape index (κ1) is 21.5. The number of ether oxygens (including phenoxy) is 2. The van der Waals surface area contributed by atoms with Crippen LogP contribution < -0.4 is 0 Å². The normalized spacial score (nSPS) is 21.1. The van der Waals surface area contributed by atoms with Crippen LogP contribution in [0.3, 0.4) is 0 Å². The molecule has 0 aliphatic carbocycles. The molecule has 1 N–H and O–H groups in total. The SMILES string of the molecule is COC(=O)[C@H](c1ccccc1)[C@H](c1ccccc1)C1C(=O)O/C(=C\c2ccccc2)C1O. The molecule has 0 spiro atoms. The number of benzene rings is 3. The van der Waals surface area contributed by atoms with Crippen molar-refractivity contribution in [3.63, 3.8) is 0 Å². The Morgan fingerprint density at radius 3 is 2.00 bits per heavy atom. The van der Waals surface area contributed by atoms with Gasteiger partial charge >= 0.3 is 11.9 Å². The molecule has 32 heavy (non-hydrogen) atoms. The molecule has 1 fully saturated rings. The summed E-state index contributed by atoms with van der Waals surface area (Å²) in [5, 5.41) is 11.2. The summed E-state index contributed by atoms with van der Waals surface area (Å²) in [6.45, 7) is 0. The molecule has 1 aliphatic heterocycles. The number of carbonyl (C=O) groups excluding carboxylic acids is 2. The summed E-state index contributed by atoms with van der Waals surface area (Å²) >= 11 is 0. The Hall–Kier alpha value is -3.70. The van der Waals surface area contributed by atoms with Crippen molar-refractivity contribution in [3.8, 4) is 0 Å². The van der Waals surface area contributed by atoms with Crippen LogP contribution in [0.2, 0.25) is 0 Å². The zero-order valence-electron chi connectivity index (χ0n) is 17.6. The first-order chi connectivity index (χ1) is 15.6. The van der Waals surface area contributed by atoms with E-state index in [-0.39, 0.29) is 5.76 Å². The van der Waals surface area contributed by atoms with Gasteiger partial charge in [-0.3, -0.25) is 9.59 Å². The van der Waals surface area contributed by atoms with Gasteiger partial charge in [0.1, 0.15) is 11.9 Å². The maximum absolute atomic E-state index is 13.1. The Labute approximate surface area is 186 Å². The van der Waals surface area contributed by atoms with Gasteiger partial charge < -0.3 is 14.6 Å². The van der Waals surface area contributed by atoms with Crippen LogP contribution in [-0.4, -0.2) is 30.3 Å². The monoisotopic (exact) mass is 428 g/mol. The quantitative estimate of drug-likeness (QED) is 0.593. The second-order valence-corrected chi connectivity index (χ2v) is 7.70. The lowest BCUT2D eigenvalue weighted by Gasteiger charge is -2.30. The molecule has 3 aromatic rings. The standard InChI is InChI=1S/C27H24O5/c1-31-26(29)23(20-15-9-4-10-16-20)22(19-13-7-3-8-14-19)24-25(28)21(32-27(24)30)17-18-11-5-2-6-12-18/h2-17,22-25,28H,1H3/b21-17-/t22-,23+,24?,25?/m0/s1. The van der Waals surface area contributed by atoms with Crippen molar-refractivity contribution in [2.24, 2.45) is 5.92 Å². The lowest BCUT2D eigenvalue weighted by molar-refractivity contribution is -0.145. The molecule has 5 heteroatoms. The average molecular weight is 428 g/mol. The fraction of sp³-hybridized carbons (Fsp3) is 0.185. The molecule has 4 rings (SSSR count). The predicted molar refractivity (Wildman–Crippen MR) is 120 cm³/mol. The van der Waals surface area contributed by atoms with E-state index in [0.717, 1.165) is 11.1 Å². The molecule has 162 valence electrons. The Balaban J connectivity index is 1.81. The van der Waals surface area contributed by atoms with Crippen LogP contribution in [0.5, 0.6) is 0 Å². The van der Waals surface area contributed by atoms with Gasteiger partial charge in [-0.05, 0) is 22.8 Å². The van der Waals surface area contributed by atoms with Crippen molar-refractivity contribution in [1.82, 2.24) is 0 Å². The number of methoxy groups -OCH3 is 1. The van der Waals surface area contributed by atoms with Crippen LogP contribution in [0, 0.1) is 5.92 Å². The highest BCUT2D eigenvalue weighted by molar-refractivity contribution is 5.85. The Kier molecular flexibility index (Phi) is 6.47. The summed E-state index contributed by atoms with van der Waals surface area (Å²) in [5.74, 6) is -3.34. The zero-order valence-corrected chi connectivity index (χ0v) is 17.6. The number of aliphatic hydroxyl groups is 1. The number of hydrogen-bond acceptors (Lipinski definition) is 5. The van der Waals surface area contributed by atoms with Crippen molar-refractivity contribution >= 4 is 18.0 Å². The first-order valence-corrected chi connectivity index (χ1v) is 10.4. The summed E-state index contributed by atoms with van der Waals surface area (Å²) in [4.78, 5) is 26.1. The minimum absolute atomic E-state index is 0.170. The maximum Gasteiger partial charge on any atom is 0.317 e. The maximum atomic E-state index is 13.1. The van der Waals surface area contributed by atoms with Gasteiger partial charge in [-0.15, -0.1) is 0 Å². The third kappa shape index (κ3) is 4.34. The van der Waals surface area contributed by atoms with E-state index < -0.39 is 35.8 Å². The van der Waals surface area contributed by atoms with Gasteiger partial charge in [0.05, 0.1) is 18.9 Å². The molecule has 0 aromatic heterocycles. The molecular formula is C27H24O5. The Morgan fingerprint density at radius 1 is 0.906 bits per heavy atom. The van der Waals surface area contributed by atoms with Crippen molar-refractivity contribution < 1.29 is 24.2 Å². The zero-order chi connectivity index (χ0) is 22.5. The fourth-order valence-corrected chi connectivity index (χ4v) is 4.28. The molecule has 3 aromatic carbocycles. The Bertz CT molecular complexity index is 1090. The van der Waals surface area contributed by atoms with Gasteiger partial charge in [-0.25, -0.2) is 0 Å². The highest BCUT2D eigenvalue weighted by Gasteiger charge is 2.50. The summed E-state index contributed by atoms with van der Waals surface area (Å²) in [5.41, 5.74) is 2.25. The van der Waals surface area contributed by atoms with Crippen LogP contribution in [-0.2, 0) is 19.1 Å². The Morgan fingerprint density at radius 2 is 1.44 bits per heavy atom. The van der Waals surface area contributed by atoms with Crippen LogP contribution in [0.1, 0.15) is 28.5 Å². The summed E-state index contributed by atoms with van der Waals surface area (Å²) in [6, 6.07) is 27.7.